The number of hydrogen-bond donors (Lipinski definition) is 0. The van der Waals surface area contributed by atoms with Gasteiger partial charge >= 0.3 is 0 Å². The predicted molar refractivity (Wildman–Crippen MR) is 332 cm³/mol. The van der Waals surface area contributed by atoms with E-state index in [1.165, 1.54) is 27.3 Å². The molecule has 0 aliphatic carbocycles. The standard InChI is InChI=1S/C72H46BCl2N3/c74-53-38-42-63-67(44-53)78(72-58(50-23-9-3-10-24-50)31-18-32-59(72)51-25-11-4-12-26-51)69-46-54(75)45-68-70(69)73(63)62-41-37-52(47-35-39-55(40-36-47)76-64-33-15-13-27-60(64)61-28-14-16-34-65(61)76)43-66(62)77(68)71-56(48-19-5-1-6-20-48)29-17-30-57(71)49-21-7-2-8-22-49/h1-46H. The molecule has 1 aromatic heterocycles. The molecule has 2 aliphatic heterocycles. The van der Waals surface area contributed by atoms with Crippen molar-refractivity contribution in [3.05, 3.63) is 289 Å². The average molecular weight is 1030 g/mol. The minimum Gasteiger partial charge on any atom is -0.310 e. The molecule has 78 heavy (non-hydrogen) atoms. The number of hydrogen-bond acceptors (Lipinski definition) is 2. The molecule has 0 atom stereocenters. The Morgan fingerprint density at radius 3 is 1.13 bits per heavy atom. The zero-order valence-corrected chi connectivity index (χ0v) is 43.7. The fraction of sp³-hybridized carbons (Fsp3) is 0. The van der Waals surface area contributed by atoms with E-state index < -0.39 is 0 Å². The zero-order valence-electron chi connectivity index (χ0n) is 42.2. The summed E-state index contributed by atoms with van der Waals surface area (Å²) in [5, 5.41) is 3.77. The lowest BCUT2D eigenvalue weighted by Gasteiger charge is -2.45. The van der Waals surface area contributed by atoms with Crippen molar-refractivity contribution in [1.29, 1.82) is 0 Å². The maximum Gasteiger partial charge on any atom is 0.252 e. The molecule has 3 heterocycles. The molecule has 12 aromatic carbocycles. The summed E-state index contributed by atoms with van der Waals surface area (Å²) >= 11 is 14.9. The first-order valence-electron chi connectivity index (χ1n) is 26.5. The minimum atomic E-state index is -0.193. The largest absolute Gasteiger partial charge is 0.310 e. The average Bonchev–Trinajstić information content (AvgIpc) is 3.93. The van der Waals surface area contributed by atoms with Crippen molar-refractivity contribution in [2.45, 2.75) is 0 Å². The molecular weight excluding hydrogens is 989 g/mol. The first-order valence-corrected chi connectivity index (χ1v) is 27.2. The maximum absolute atomic E-state index is 7.73. The lowest BCUT2D eigenvalue weighted by Crippen LogP contribution is -2.61. The van der Waals surface area contributed by atoms with Crippen LogP contribution >= 0.6 is 23.2 Å². The van der Waals surface area contributed by atoms with E-state index in [4.69, 9.17) is 23.2 Å². The van der Waals surface area contributed by atoms with Gasteiger partial charge in [-0.2, -0.15) is 0 Å². The quantitative estimate of drug-likeness (QED) is 0.141. The van der Waals surface area contributed by atoms with Gasteiger partial charge in [0.25, 0.3) is 6.71 Å². The van der Waals surface area contributed by atoms with Crippen LogP contribution in [0.5, 0.6) is 0 Å². The Kier molecular flexibility index (Phi) is 11.1. The number of nitrogens with zero attached hydrogens (tertiary/aromatic N) is 3. The maximum atomic E-state index is 7.73. The summed E-state index contributed by atoms with van der Waals surface area (Å²) in [5.74, 6) is 0. The SMILES string of the molecule is Clc1ccc2c(c1)N(c1c(-c3ccccc3)cccc1-c1ccccc1)c1cc(Cl)cc3c1B2c1ccc(-c2ccc(-n4c5ccccc5c5ccccc54)cc2)cc1N3c1c(-c2ccccc2)cccc1-c1ccccc1. The van der Waals surface area contributed by atoms with Crippen molar-refractivity contribution in [3.8, 4) is 61.3 Å². The molecule has 0 amide bonds. The molecule has 3 nitrogen and oxygen atoms in total. The van der Waals surface area contributed by atoms with Crippen LogP contribution in [-0.4, -0.2) is 11.3 Å². The van der Waals surface area contributed by atoms with Crippen molar-refractivity contribution in [3.63, 3.8) is 0 Å². The lowest BCUT2D eigenvalue weighted by molar-refractivity contribution is 1.18. The van der Waals surface area contributed by atoms with Crippen LogP contribution in [0.15, 0.2) is 279 Å². The van der Waals surface area contributed by atoms with Crippen LogP contribution in [0.3, 0.4) is 0 Å². The summed E-state index contributed by atoms with van der Waals surface area (Å²) in [6, 6.07) is 101. The molecule has 0 N–H and O–H groups in total. The highest BCUT2D eigenvalue weighted by Gasteiger charge is 2.45. The molecule has 6 heteroatoms. The van der Waals surface area contributed by atoms with Crippen LogP contribution in [0, 0.1) is 0 Å². The second kappa shape index (κ2) is 18.8. The molecule has 0 saturated heterocycles. The van der Waals surface area contributed by atoms with E-state index in [2.05, 4.69) is 293 Å². The Morgan fingerprint density at radius 1 is 0.282 bits per heavy atom. The number of benzene rings is 12. The number of fused-ring (bicyclic) bond motifs is 7. The molecule has 0 saturated carbocycles. The Balaban J connectivity index is 1.01. The minimum absolute atomic E-state index is 0.193. The van der Waals surface area contributed by atoms with Crippen molar-refractivity contribution in [2.24, 2.45) is 0 Å². The molecular formula is C72H46BCl2N3. The summed E-state index contributed by atoms with van der Waals surface area (Å²) in [5.41, 5.74) is 24.3. The van der Waals surface area contributed by atoms with Crippen molar-refractivity contribution in [2.75, 3.05) is 9.80 Å². The molecule has 0 bridgehead atoms. The van der Waals surface area contributed by atoms with E-state index in [-0.39, 0.29) is 6.71 Å². The highest BCUT2D eigenvalue weighted by atomic mass is 35.5. The first-order chi connectivity index (χ1) is 38.6. The van der Waals surface area contributed by atoms with Crippen LogP contribution in [0.25, 0.3) is 83.1 Å². The Bertz CT molecular complexity index is 4300. The lowest BCUT2D eigenvalue weighted by atomic mass is 9.33. The molecule has 366 valence electrons. The highest BCUT2D eigenvalue weighted by Crippen LogP contribution is 2.53. The summed E-state index contributed by atoms with van der Waals surface area (Å²) < 4.78 is 2.38. The van der Waals surface area contributed by atoms with Crippen molar-refractivity contribution < 1.29 is 0 Å². The van der Waals surface area contributed by atoms with Gasteiger partial charge in [0.05, 0.1) is 22.4 Å². The smallest absolute Gasteiger partial charge is 0.252 e. The Labute approximate surface area is 464 Å². The van der Waals surface area contributed by atoms with Crippen LogP contribution in [0.2, 0.25) is 10.0 Å². The van der Waals surface area contributed by atoms with Gasteiger partial charge in [0.1, 0.15) is 0 Å². The van der Waals surface area contributed by atoms with Crippen LogP contribution in [0.1, 0.15) is 0 Å². The molecule has 0 unspecified atom stereocenters. The molecule has 2 aliphatic rings. The summed E-state index contributed by atoms with van der Waals surface area (Å²) in [4.78, 5) is 4.97. The van der Waals surface area contributed by atoms with Crippen LogP contribution in [-0.2, 0) is 0 Å². The summed E-state index contributed by atoms with van der Waals surface area (Å²) in [6.07, 6.45) is 0. The van der Waals surface area contributed by atoms with E-state index in [9.17, 15) is 0 Å². The normalized spacial score (nSPS) is 12.4. The van der Waals surface area contributed by atoms with Gasteiger partial charge in [-0.05, 0) is 104 Å². The van der Waals surface area contributed by atoms with Crippen LogP contribution in [0.4, 0.5) is 34.1 Å². The topological polar surface area (TPSA) is 11.4 Å². The summed E-state index contributed by atoms with van der Waals surface area (Å²) in [7, 11) is 0. The Hall–Kier alpha value is -9.32. The fourth-order valence-corrected chi connectivity index (χ4v) is 12.9. The van der Waals surface area contributed by atoms with Gasteiger partial charge in [-0.3, -0.25) is 0 Å². The van der Waals surface area contributed by atoms with E-state index in [0.29, 0.717) is 10.0 Å². The van der Waals surface area contributed by atoms with Crippen molar-refractivity contribution >= 4 is 102 Å². The third-order valence-electron chi connectivity index (χ3n) is 15.9. The van der Waals surface area contributed by atoms with E-state index in [1.54, 1.807) is 0 Å². The van der Waals surface area contributed by atoms with Gasteiger partial charge in [0, 0.05) is 71.5 Å². The van der Waals surface area contributed by atoms with E-state index in [1.807, 2.05) is 0 Å². The molecule has 15 rings (SSSR count). The van der Waals surface area contributed by atoms with Crippen LogP contribution < -0.4 is 26.2 Å². The molecule has 0 radical (unpaired) electrons. The molecule has 13 aromatic rings. The number of anilines is 6. The van der Waals surface area contributed by atoms with Gasteiger partial charge in [0.15, 0.2) is 0 Å². The van der Waals surface area contributed by atoms with E-state index in [0.717, 1.165) is 106 Å². The fourth-order valence-electron chi connectivity index (χ4n) is 12.6. The van der Waals surface area contributed by atoms with Gasteiger partial charge < -0.3 is 14.4 Å². The predicted octanol–water partition coefficient (Wildman–Crippen LogP) is 18.5. The second-order valence-corrected chi connectivity index (χ2v) is 21.1. The van der Waals surface area contributed by atoms with Gasteiger partial charge in [-0.1, -0.05) is 248 Å². The van der Waals surface area contributed by atoms with Gasteiger partial charge in [-0.25, -0.2) is 0 Å². The second-order valence-electron chi connectivity index (χ2n) is 20.2. The van der Waals surface area contributed by atoms with Gasteiger partial charge in [-0.15, -0.1) is 0 Å². The Morgan fingerprint density at radius 2 is 0.667 bits per heavy atom. The van der Waals surface area contributed by atoms with Crippen molar-refractivity contribution in [1.82, 2.24) is 4.57 Å². The zero-order chi connectivity index (χ0) is 51.8. The first kappa shape index (κ1) is 46.0. The third-order valence-corrected chi connectivity index (χ3v) is 16.3. The third kappa shape index (κ3) is 7.44. The monoisotopic (exact) mass is 1030 g/mol. The number of para-hydroxylation sites is 4. The van der Waals surface area contributed by atoms with E-state index >= 15 is 0 Å². The van der Waals surface area contributed by atoms with Gasteiger partial charge in [0.2, 0.25) is 0 Å². The molecule has 0 spiro atoms. The number of rotatable bonds is 8. The molecule has 0 fully saturated rings. The number of halogens is 2. The number of aromatic nitrogens is 1. The highest BCUT2D eigenvalue weighted by molar-refractivity contribution is 7.00. The summed E-state index contributed by atoms with van der Waals surface area (Å²) in [6.45, 7) is -0.193.